The third kappa shape index (κ3) is 4.30. The summed E-state index contributed by atoms with van der Waals surface area (Å²) in [5, 5.41) is 0. The quantitative estimate of drug-likeness (QED) is 0.725. The fourth-order valence-electron chi connectivity index (χ4n) is 1.81. The topological polar surface area (TPSA) is 40.6 Å². The fraction of sp³-hybridized carbons (Fsp3) is 1.00. The highest BCUT2D eigenvalue weighted by molar-refractivity contribution is 7.99. The number of likely N-dealkylation sites (N-methyl/N-ethyl adjacent to an activating group) is 1. The Balaban J connectivity index is 2.76. The molecular formula is C9H20N2O2S2. The van der Waals surface area contributed by atoms with E-state index in [0.717, 1.165) is 24.5 Å². The zero-order chi connectivity index (χ0) is 11.5. The third-order valence-corrected chi connectivity index (χ3v) is 4.92. The molecule has 1 rings (SSSR count). The lowest BCUT2D eigenvalue weighted by Crippen LogP contribution is -2.46. The summed E-state index contributed by atoms with van der Waals surface area (Å²) >= 11 is 1.85. The molecule has 1 aliphatic heterocycles. The molecule has 15 heavy (non-hydrogen) atoms. The van der Waals surface area contributed by atoms with Crippen molar-refractivity contribution in [1.29, 1.82) is 0 Å². The Hall–Kier alpha value is 0.220. The zero-order valence-electron chi connectivity index (χ0n) is 9.64. The molecule has 0 N–H and O–H groups in total. The second-order valence-corrected chi connectivity index (χ2v) is 7.30. The van der Waals surface area contributed by atoms with Crippen molar-refractivity contribution in [2.24, 2.45) is 0 Å². The monoisotopic (exact) mass is 252 g/mol. The molecule has 0 radical (unpaired) electrons. The molecule has 1 heterocycles. The van der Waals surface area contributed by atoms with Gasteiger partial charge in [-0.15, -0.1) is 0 Å². The van der Waals surface area contributed by atoms with Crippen molar-refractivity contribution in [3.63, 3.8) is 0 Å². The highest BCUT2D eigenvalue weighted by Crippen LogP contribution is 2.19. The Morgan fingerprint density at radius 3 is 2.67 bits per heavy atom. The summed E-state index contributed by atoms with van der Waals surface area (Å²) < 4.78 is 24.9. The van der Waals surface area contributed by atoms with Crippen LogP contribution in [0.5, 0.6) is 0 Å². The minimum absolute atomic E-state index is 0.127. The van der Waals surface area contributed by atoms with Gasteiger partial charge in [0, 0.05) is 24.9 Å². The molecule has 0 aromatic heterocycles. The van der Waals surface area contributed by atoms with Gasteiger partial charge in [0.05, 0.1) is 6.26 Å². The van der Waals surface area contributed by atoms with E-state index in [1.165, 1.54) is 6.26 Å². The van der Waals surface area contributed by atoms with Gasteiger partial charge in [0.25, 0.3) is 0 Å². The third-order valence-electron chi connectivity index (χ3n) is 2.39. The smallest absolute Gasteiger partial charge is 0.211 e. The molecule has 0 bridgehead atoms. The molecule has 0 amide bonds. The van der Waals surface area contributed by atoms with E-state index in [4.69, 9.17) is 0 Å². The summed E-state index contributed by atoms with van der Waals surface area (Å²) in [5.41, 5.74) is 0. The van der Waals surface area contributed by atoms with Gasteiger partial charge < -0.3 is 4.90 Å². The van der Waals surface area contributed by atoms with E-state index in [9.17, 15) is 8.42 Å². The van der Waals surface area contributed by atoms with E-state index in [2.05, 4.69) is 4.90 Å². The van der Waals surface area contributed by atoms with E-state index < -0.39 is 10.0 Å². The van der Waals surface area contributed by atoms with Crippen molar-refractivity contribution in [1.82, 2.24) is 9.21 Å². The van der Waals surface area contributed by atoms with Crippen LogP contribution < -0.4 is 0 Å². The molecule has 0 spiro atoms. The maximum atomic E-state index is 11.6. The predicted molar refractivity (Wildman–Crippen MR) is 65.8 cm³/mol. The molecule has 0 aromatic rings. The molecule has 1 atom stereocenters. The Labute approximate surface area is 97.1 Å². The maximum Gasteiger partial charge on any atom is 0.211 e. The number of sulfonamides is 1. The highest BCUT2D eigenvalue weighted by atomic mass is 32.2. The molecule has 1 fully saturated rings. The largest absolute Gasteiger partial charge is 0.308 e. The van der Waals surface area contributed by atoms with Crippen LogP contribution in [0.15, 0.2) is 0 Å². The summed E-state index contributed by atoms with van der Waals surface area (Å²) in [4.78, 5) is 2.05. The molecule has 0 aliphatic carbocycles. The van der Waals surface area contributed by atoms with E-state index in [1.54, 1.807) is 4.31 Å². The minimum Gasteiger partial charge on any atom is -0.308 e. The van der Waals surface area contributed by atoms with Crippen LogP contribution in [0.1, 0.15) is 6.42 Å². The van der Waals surface area contributed by atoms with Gasteiger partial charge in [0.2, 0.25) is 10.0 Å². The van der Waals surface area contributed by atoms with Gasteiger partial charge in [0.1, 0.15) is 0 Å². The van der Waals surface area contributed by atoms with Gasteiger partial charge in [-0.1, -0.05) is 0 Å². The predicted octanol–water partition coefficient (Wildman–Crippen LogP) is 0.315. The molecule has 1 saturated heterocycles. The molecule has 6 heteroatoms. The van der Waals surface area contributed by atoms with Crippen LogP contribution >= 0.6 is 11.8 Å². The highest BCUT2D eigenvalue weighted by Gasteiger charge is 2.28. The summed E-state index contributed by atoms with van der Waals surface area (Å²) in [6, 6.07) is 0.127. The summed E-state index contributed by atoms with van der Waals surface area (Å²) in [5.74, 6) is 1.97. The van der Waals surface area contributed by atoms with E-state index in [0.29, 0.717) is 6.54 Å². The van der Waals surface area contributed by atoms with Crippen LogP contribution in [0.2, 0.25) is 0 Å². The van der Waals surface area contributed by atoms with Crippen LogP contribution in [0, 0.1) is 0 Å². The minimum atomic E-state index is -3.05. The summed E-state index contributed by atoms with van der Waals surface area (Å²) in [6.45, 7) is 1.48. The Bertz CT molecular complexity index is 290. The Kier molecular flexibility index (Phi) is 4.89. The lowest BCUT2D eigenvalue weighted by molar-refractivity contribution is 0.272. The number of hydrogen-bond acceptors (Lipinski definition) is 4. The Morgan fingerprint density at radius 2 is 2.13 bits per heavy atom. The van der Waals surface area contributed by atoms with Crippen molar-refractivity contribution in [2.75, 3.05) is 44.9 Å². The molecule has 0 aromatic carbocycles. The first-order valence-electron chi connectivity index (χ1n) is 5.10. The number of rotatable bonds is 3. The van der Waals surface area contributed by atoms with Gasteiger partial charge in [-0.3, -0.25) is 0 Å². The number of thioether (sulfide) groups is 1. The maximum absolute atomic E-state index is 11.6. The lowest BCUT2D eigenvalue weighted by atomic mass is 10.3. The van der Waals surface area contributed by atoms with E-state index in [-0.39, 0.29) is 6.04 Å². The first-order chi connectivity index (χ1) is 6.91. The Morgan fingerprint density at radius 1 is 1.47 bits per heavy atom. The normalized spacial score (nSPS) is 25.5. The van der Waals surface area contributed by atoms with Crippen LogP contribution in [0.3, 0.4) is 0 Å². The zero-order valence-corrected chi connectivity index (χ0v) is 11.3. The second-order valence-electron chi connectivity index (χ2n) is 4.22. The fourth-order valence-corrected chi connectivity index (χ4v) is 4.10. The number of hydrogen-bond donors (Lipinski definition) is 0. The van der Waals surface area contributed by atoms with E-state index >= 15 is 0 Å². The van der Waals surface area contributed by atoms with Crippen molar-refractivity contribution >= 4 is 21.8 Å². The van der Waals surface area contributed by atoms with Crippen LogP contribution in [-0.2, 0) is 10.0 Å². The van der Waals surface area contributed by atoms with Crippen molar-refractivity contribution < 1.29 is 8.42 Å². The van der Waals surface area contributed by atoms with Gasteiger partial charge >= 0.3 is 0 Å². The summed E-state index contributed by atoms with van der Waals surface area (Å²) in [7, 11) is 0.914. The lowest BCUT2D eigenvalue weighted by Gasteiger charge is -2.29. The number of nitrogens with zero attached hydrogens (tertiary/aromatic N) is 2. The molecule has 1 unspecified atom stereocenters. The first kappa shape index (κ1) is 13.3. The standard InChI is InChI=1S/C9H20N2O2S2/c1-10(2)7-9-8-14-6-4-5-11(9)15(3,12)13/h9H,4-8H2,1-3H3. The van der Waals surface area contributed by atoms with Gasteiger partial charge in [-0.2, -0.15) is 16.1 Å². The summed E-state index contributed by atoms with van der Waals surface area (Å²) in [6.07, 6.45) is 2.27. The molecular weight excluding hydrogens is 232 g/mol. The molecule has 90 valence electrons. The first-order valence-corrected chi connectivity index (χ1v) is 8.11. The second kappa shape index (κ2) is 5.52. The van der Waals surface area contributed by atoms with Gasteiger partial charge in [-0.05, 0) is 26.3 Å². The molecule has 1 aliphatic rings. The van der Waals surface area contributed by atoms with Crippen molar-refractivity contribution in [3.05, 3.63) is 0 Å². The molecule has 4 nitrogen and oxygen atoms in total. The van der Waals surface area contributed by atoms with Crippen molar-refractivity contribution in [2.45, 2.75) is 12.5 Å². The SMILES string of the molecule is CN(C)CC1CSCCCN1S(C)(=O)=O. The van der Waals surface area contributed by atoms with Crippen LogP contribution in [0.4, 0.5) is 0 Å². The molecule has 0 saturated carbocycles. The van der Waals surface area contributed by atoms with Gasteiger partial charge in [0.15, 0.2) is 0 Å². The van der Waals surface area contributed by atoms with Gasteiger partial charge in [-0.25, -0.2) is 8.42 Å². The average Bonchev–Trinajstić information content (AvgIpc) is 2.27. The van der Waals surface area contributed by atoms with E-state index in [1.807, 2.05) is 25.9 Å². The average molecular weight is 252 g/mol. The van der Waals surface area contributed by atoms with Crippen LogP contribution in [0.25, 0.3) is 0 Å². The van der Waals surface area contributed by atoms with Crippen molar-refractivity contribution in [3.8, 4) is 0 Å². The van der Waals surface area contributed by atoms with Crippen LogP contribution in [-0.4, -0.2) is 68.6 Å².